The third-order valence-electron chi connectivity index (χ3n) is 3.38. The molecule has 2 rings (SSSR count). The first kappa shape index (κ1) is 18.0. The number of pyridine rings is 1. The maximum atomic E-state index is 12.1. The Morgan fingerprint density at radius 1 is 1.42 bits per heavy atom. The lowest BCUT2D eigenvalue weighted by Crippen LogP contribution is -2.39. The molecule has 0 saturated carbocycles. The lowest BCUT2D eigenvalue weighted by atomic mass is 10.0. The summed E-state index contributed by atoms with van der Waals surface area (Å²) in [6.45, 7) is 5.34. The van der Waals surface area contributed by atoms with E-state index in [0.29, 0.717) is 24.9 Å². The average molecular weight is 333 g/mol. The van der Waals surface area contributed by atoms with Crippen molar-refractivity contribution in [2.75, 3.05) is 26.8 Å². The van der Waals surface area contributed by atoms with E-state index in [-0.39, 0.29) is 24.4 Å². The van der Waals surface area contributed by atoms with Gasteiger partial charge in [-0.2, -0.15) is 4.98 Å². The van der Waals surface area contributed by atoms with Crippen LogP contribution >= 0.6 is 0 Å². The molecule has 2 aromatic heterocycles. The Labute approximate surface area is 141 Å². The van der Waals surface area contributed by atoms with Crippen molar-refractivity contribution in [3.8, 4) is 11.4 Å². The van der Waals surface area contributed by atoms with Crippen LogP contribution in [0.25, 0.3) is 11.4 Å². The van der Waals surface area contributed by atoms with Crippen molar-refractivity contribution in [1.29, 1.82) is 0 Å². The van der Waals surface area contributed by atoms with E-state index in [1.54, 1.807) is 25.6 Å². The lowest BCUT2D eigenvalue weighted by molar-refractivity contribution is -0.121. The number of methoxy groups -OCH3 is 1. The van der Waals surface area contributed by atoms with Crippen molar-refractivity contribution in [2.24, 2.45) is 5.92 Å². The van der Waals surface area contributed by atoms with Crippen molar-refractivity contribution >= 4 is 5.91 Å². The quantitative estimate of drug-likeness (QED) is 0.664. The van der Waals surface area contributed by atoms with Gasteiger partial charge >= 0.3 is 0 Å². The van der Waals surface area contributed by atoms with Gasteiger partial charge < -0.3 is 19.9 Å². The highest BCUT2D eigenvalue weighted by molar-refractivity contribution is 5.78. The summed E-state index contributed by atoms with van der Waals surface area (Å²) < 4.78 is 10.3. The first-order chi connectivity index (χ1) is 11.6. The SMILES string of the molecule is COCCNCC(=O)NC(c1nc(-c2cccnc2)no1)C(C)C. The second kappa shape index (κ2) is 9.09. The molecule has 1 atom stereocenters. The third kappa shape index (κ3) is 5.10. The molecule has 0 saturated heterocycles. The van der Waals surface area contributed by atoms with E-state index in [4.69, 9.17) is 9.26 Å². The minimum Gasteiger partial charge on any atom is -0.383 e. The normalized spacial score (nSPS) is 12.3. The van der Waals surface area contributed by atoms with Crippen LogP contribution in [0, 0.1) is 5.92 Å². The number of aromatic nitrogens is 3. The number of carbonyl (C=O) groups is 1. The van der Waals surface area contributed by atoms with Gasteiger partial charge in [-0.25, -0.2) is 0 Å². The number of hydrogen-bond acceptors (Lipinski definition) is 7. The van der Waals surface area contributed by atoms with Crippen molar-refractivity contribution in [3.63, 3.8) is 0 Å². The van der Waals surface area contributed by atoms with Crippen molar-refractivity contribution in [2.45, 2.75) is 19.9 Å². The van der Waals surface area contributed by atoms with E-state index in [2.05, 4.69) is 25.8 Å². The third-order valence-corrected chi connectivity index (χ3v) is 3.38. The summed E-state index contributed by atoms with van der Waals surface area (Å²) in [5.41, 5.74) is 0.766. The van der Waals surface area contributed by atoms with Gasteiger partial charge in [0.15, 0.2) is 0 Å². The van der Waals surface area contributed by atoms with Crippen LogP contribution in [0.1, 0.15) is 25.8 Å². The summed E-state index contributed by atoms with van der Waals surface area (Å²) in [5, 5.41) is 9.90. The molecule has 8 nitrogen and oxygen atoms in total. The number of nitrogens with zero attached hydrogens (tertiary/aromatic N) is 3. The van der Waals surface area contributed by atoms with E-state index >= 15 is 0 Å². The van der Waals surface area contributed by atoms with Crippen molar-refractivity contribution in [1.82, 2.24) is 25.8 Å². The minimum atomic E-state index is -0.348. The molecule has 2 N–H and O–H groups in total. The van der Waals surface area contributed by atoms with Gasteiger partial charge in [0.05, 0.1) is 13.2 Å². The van der Waals surface area contributed by atoms with Crippen LogP contribution in [0.5, 0.6) is 0 Å². The van der Waals surface area contributed by atoms with Crippen LogP contribution in [-0.4, -0.2) is 47.8 Å². The Bertz CT molecular complexity index is 630. The largest absolute Gasteiger partial charge is 0.383 e. The Kier molecular flexibility index (Phi) is 6.83. The molecule has 0 aliphatic carbocycles. The molecule has 0 radical (unpaired) electrons. The molecule has 0 aliphatic rings. The van der Waals surface area contributed by atoms with E-state index in [9.17, 15) is 4.79 Å². The zero-order valence-electron chi connectivity index (χ0n) is 14.2. The van der Waals surface area contributed by atoms with Crippen LogP contribution in [0.4, 0.5) is 0 Å². The number of carbonyl (C=O) groups excluding carboxylic acids is 1. The molecule has 2 aromatic rings. The van der Waals surface area contributed by atoms with Gasteiger partial charge in [-0.05, 0) is 18.1 Å². The molecule has 24 heavy (non-hydrogen) atoms. The van der Waals surface area contributed by atoms with Crippen LogP contribution in [0.2, 0.25) is 0 Å². The maximum absolute atomic E-state index is 12.1. The molecule has 2 heterocycles. The van der Waals surface area contributed by atoms with E-state index in [0.717, 1.165) is 5.56 Å². The maximum Gasteiger partial charge on any atom is 0.249 e. The number of rotatable bonds is 9. The van der Waals surface area contributed by atoms with Gasteiger partial charge in [-0.3, -0.25) is 9.78 Å². The summed E-state index contributed by atoms with van der Waals surface area (Å²) >= 11 is 0. The monoisotopic (exact) mass is 333 g/mol. The van der Waals surface area contributed by atoms with Gasteiger partial charge in [0.25, 0.3) is 0 Å². The molecule has 1 unspecified atom stereocenters. The molecule has 0 aromatic carbocycles. The Morgan fingerprint density at radius 2 is 2.25 bits per heavy atom. The predicted molar refractivity (Wildman–Crippen MR) is 88.0 cm³/mol. The molecular formula is C16H23N5O3. The molecule has 0 bridgehead atoms. The van der Waals surface area contributed by atoms with E-state index < -0.39 is 0 Å². The highest BCUT2D eigenvalue weighted by atomic mass is 16.5. The zero-order chi connectivity index (χ0) is 17.4. The smallest absolute Gasteiger partial charge is 0.249 e. The summed E-state index contributed by atoms with van der Waals surface area (Å²) in [6, 6.07) is 3.31. The fourth-order valence-electron chi connectivity index (χ4n) is 2.09. The number of ether oxygens (including phenoxy) is 1. The van der Waals surface area contributed by atoms with E-state index in [1.165, 1.54) is 0 Å². The van der Waals surface area contributed by atoms with E-state index in [1.807, 2.05) is 19.9 Å². The Balaban J connectivity index is 2.00. The summed E-state index contributed by atoms with van der Waals surface area (Å²) in [5.74, 6) is 0.811. The highest BCUT2D eigenvalue weighted by Crippen LogP contribution is 2.22. The lowest BCUT2D eigenvalue weighted by Gasteiger charge is -2.18. The van der Waals surface area contributed by atoms with Gasteiger partial charge in [-0.15, -0.1) is 0 Å². The van der Waals surface area contributed by atoms with Crippen molar-refractivity contribution < 1.29 is 14.1 Å². The molecule has 8 heteroatoms. The number of amides is 1. The molecule has 0 spiro atoms. The highest BCUT2D eigenvalue weighted by Gasteiger charge is 2.24. The molecule has 0 aliphatic heterocycles. The second-order valence-electron chi connectivity index (χ2n) is 5.66. The standard InChI is InChI=1S/C16H23N5O3/c1-11(2)14(19-13(22)10-18-7-8-23-3)16-20-15(21-24-16)12-5-4-6-17-9-12/h4-6,9,11,14,18H,7-8,10H2,1-3H3,(H,19,22). The Hall–Kier alpha value is -2.32. The van der Waals surface area contributed by atoms with Crippen LogP contribution in [0.15, 0.2) is 29.0 Å². The van der Waals surface area contributed by atoms with Gasteiger partial charge in [0.2, 0.25) is 17.6 Å². The number of nitrogens with one attached hydrogen (secondary N) is 2. The first-order valence-electron chi connectivity index (χ1n) is 7.85. The first-order valence-corrected chi connectivity index (χ1v) is 7.85. The topological polar surface area (TPSA) is 102 Å². The minimum absolute atomic E-state index is 0.107. The molecular weight excluding hydrogens is 310 g/mol. The van der Waals surface area contributed by atoms with Gasteiger partial charge in [0.1, 0.15) is 6.04 Å². The van der Waals surface area contributed by atoms with Crippen LogP contribution in [-0.2, 0) is 9.53 Å². The molecule has 1 amide bonds. The van der Waals surface area contributed by atoms with Crippen LogP contribution < -0.4 is 10.6 Å². The fraction of sp³-hybridized carbons (Fsp3) is 0.500. The molecule has 0 fully saturated rings. The second-order valence-corrected chi connectivity index (χ2v) is 5.66. The summed E-state index contributed by atoms with van der Waals surface area (Å²) in [7, 11) is 1.62. The predicted octanol–water partition coefficient (Wildman–Crippen LogP) is 1.18. The van der Waals surface area contributed by atoms with Crippen molar-refractivity contribution in [3.05, 3.63) is 30.4 Å². The van der Waals surface area contributed by atoms with Gasteiger partial charge in [0, 0.05) is 31.6 Å². The number of hydrogen-bond donors (Lipinski definition) is 2. The molecule has 130 valence electrons. The summed E-state index contributed by atoms with van der Waals surface area (Å²) in [6.07, 6.45) is 3.34. The van der Waals surface area contributed by atoms with Gasteiger partial charge in [-0.1, -0.05) is 19.0 Å². The summed E-state index contributed by atoms with van der Waals surface area (Å²) in [4.78, 5) is 20.5. The average Bonchev–Trinajstić information content (AvgIpc) is 3.07. The fourth-order valence-corrected chi connectivity index (χ4v) is 2.09. The van der Waals surface area contributed by atoms with Crippen LogP contribution in [0.3, 0.4) is 0 Å². The zero-order valence-corrected chi connectivity index (χ0v) is 14.2. The Morgan fingerprint density at radius 3 is 2.92 bits per heavy atom.